The summed E-state index contributed by atoms with van der Waals surface area (Å²) in [4.78, 5) is 12.4. The number of nitrogens with one attached hydrogen (secondary N) is 2. The van der Waals surface area contributed by atoms with Crippen molar-refractivity contribution >= 4 is 16.6 Å². The molecule has 5 heterocycles. The number of methoxy groups -OCH3 is 1. The molecular weight excluding hydrogens is 471 g/mol. The molecule has 4 aromatic rings. The van der Waals surface area contributed by atoms with Crippen molar-refractivity contribution in [2.24, 2.45) is 0 Å². The Labute approximate surface area is 216 Å². The maximum atomic E-state index is 16.3. The molecule has 4 aromatic heterocycles. The molecule has 0 atom stereocenters. The standard InChI is InChI=1S/C28H35FN6O2/c1-16(2)23-24-21(34-26(23)18-12-22(36-3)28-31-15-32-35(28)14-18)13-30-27(25(24)29)17-4-6-19(7-5-17)33-20-8-10-37-11-9-20/h12-17,19-20,33-34H,4-11H2,1-3H3. The molecule has 196 valence electrons. The van der Waals surface area contributed by atoms with E-state index in [0.29, 0.717) is 40.1 Å². The molecule has 0 radical (unpaired) electrons. The fourth-order valence-electron chi connectivity index (χ4n) is 6.19. The van der Waals surface area contributed by atoms with Crippen LogP contribution in [0.1, 0.15) is 75.5 Å². The first-order valence-electron chi connectivity index (χ1n) is 13.4. The minimum atomic E-state index is -0.182. The van der Waals surface area contributed by atoms with Gasteiger partial charge in [-0.05, 0) is 56.1 Å². The van der Waals surface area contributed by atoms with Gasteiger partial charge in [0.1, 0.15) is 6.33 Å². The van der Waals surface area contributed by atoms with E-state index >= 15 is 4.39 Å². The zero-order valence-electron chi connectivity index (χ0n) is 21.8. The van der Waals surface area contributed by atoms with Crippen LogP contribution in [0.3, 0.4) is 0 Å². The number of ether oxygens (including phenoxy) is 2. The van der Waals surface area contributed by atoms with Crippen molar-refractivity contribution in [3.63, 3.8) is 0 Å². The van der Waals surface area contributed by atoms with Gasteiger partial charge in [0.25, 0.3) is 0 Å². The zero-order valence-corrected chi connectivity index (χ0v) is 21.8. The summed E-state index contributed by atoms with van der Waals surface area (Å²) in [6.45, 7) is 5.89. The summed E-state index contributed by atoms with van der Waals surface area (Å²) in [6.07, 6.45) is 11.4. The highest BCUT2D eigenvalue weighted by atomic mass is 19.1. The van der Waals surface area contributed by atoms with Crippen LogP contribution in [0.15, 0.2) is 24.8 Å². The highest BCUT2D eigenvalue weighted by Gasteiger charge is 2.30. The van der Waals surface area contributed by atoms with Gasteiger partial charge in [0.05, 0.1) is 30.2 Å². The molecule has 2 aliphatic rings. The van der Waals surface area contributed by atoms with Crippen LogP contribution in [0.25, 0.3) is 27.8 Å². The topological polar surface area (TPSA) is 89.4 Å². The number of rotatable bonds is 6. The highest BCUT2D eigenvalue weighted by Crippen LogP contribution is 2.41. The third kappa shape index (κ3) is 4.48. The maximum absolute atomic E-state index is 16.3. The van der Waals surface area contributed by atoms with Crippen molar-refractivity contribution in [3.05, 3.63) is 41.9 Å². The smallest absolute Gasteiger partial charge is 0.197 e. The number of nitrogens with zero attached hydrogens (tertiary/aromatic N) is 4. The fraction of sp³-hybridized carbons (Fsp3) is 0.536. The van der Waals surface area contributed by atoms with Crippen LogP contribution < -0.4 is 10.1 Å². The highest BCUT2D eigenvalue weighted by molar-refractivity contribution is 5.92. The van der Waals surface area contributed by atoms with Crippen LogP contribution in [0.5, 0.6) is 5.75 Å². The molecule has 0 amide bonds. The minimum Gasteiger partial charge on any atom is -0.493 e. The summed E-state index contributed by atoms with van der Waals surface area (Å²) < 4.78 is 29.0. The van der Waals surface area contributed by atoms with E-state index in [-0.39, 0.29) is 17.7 Å². The number of hydrogen-bond acceptors (Lipinski definition) is 6. The summed E-state index contributed by atoms with van der Waals surface area (Å²) >= 11 is 0. The van der Waals surface area contributed by atoms with Crippen LogP contribution >= 0.6 is 0 Å². The quantitative estimate of drug-likeness (QED) is 0.367. The second-order valence-corrected chi connectivity index (χ2v) is 10.7. The summed E-state index contributed by atoms with van der Waals surface area (Å²) in [6, 6.07) is 2.97. The van der Waals surface area contributed by atoms with E-state index in [1.807, 2.05) is 12.3 Å². The summed E-state index contributed by atoms with van der Waals surface area (Å²) in [5.41, 5.74) is 4.65. The van der Waals surface area contributed by atoms with Gasteiger partial charge in [-0.1, -0.05) is 13.8 Å². The zero-order chi connectivity index (χ0) is 25.5. The number of aromatic amines is 1. The molecule has 1 aliphatic heterocycles. The molecule has 8 nitrogen and oxygen atoms in total. The van der Waals surface area contributed by atoms with E-state index in [9.17, 15) is 0 Å². The Morgan fingerprint density at radius 1 is 1.11 bits per heavy atom. The Balaban J connectivity index is 1.31. The van der Waals surface area contributed by atoms with Gasteiger partial charge in [0, 0.05) is 48.4 Å². The van der Waals surface area contributed by atoms with Crippen LogP contribution in [0.2, 0.25) is 0 Å². The lowest BCUT2D eigenvalue weighted by Crippen LogP contribution is -2.43. The Morgan fingerprint density at radius 3 is 2.59 bits per heavy atom. The molecule has 1 aliphatic carbocycles. The molecule has 0 unspecified atom stereocenters. The predicted molar refractivity (Wildman–Crippen MR) is 141 cm³/mol. The predicted octanol–water partition coefficient (Wildman–Crippen LogP) is 5.34. The molecule has 1 saturated heterocycles. The lowest BCUT2D eigenvalue weighted by molar-refractivity contribution is 0.0728. The van der Waals surface area contributed by atoms with Crippen molar-refractivity contribution in [3.8, 4) is 17.0 Å². The SMILES string of the molecule is COc1cc(-c2[nH]c3cnc(C4CCC(NC5CCOCC5)CC4)c(F)c3c2C(C)C)cn2ncnc12. The van der Waals surface area contributed by atoms with Crippen LogP contribution in [0, 0.1) is 5.82 Å². The number of hydrogen-bond donors (Lipinski definition) is 2. The summed E-state index contributed by atoms with van der Waals surface area (Å²) in [5.74, 6) is 0.680. The third-order valence-corrected chi connectivity index (χ3v) is 8.08. The molecule has 6 rings (SSSR count). The maximum Gasteiger partial charge on any atom is 0.197 e. The van der Waals surface area contributed by atoms with Crippen LogP contribution in [0.4, 0.5) is 4.39 Å². The minimum absolute atomic E-state index is 0.102. The molecule has 1 saturated carbocycles. The van der Waals surface area contributed by atoms with Crippen molar-refractivity contribution in [2.45, 2.75) is 76.3 Å². The second-order valence-electron chi connectivity index (χ2n) is 10.7. The van der Waals surface area contributed by atoms with Gasteiger partial charge in [-0.15, -0.1) is 0 Å². The second kappa shape index (κ2) is 10.0. The monoisotopic (exact) mass is 506 g/mol. The molecule has 0 bridgehead atoms. The van der Waals surface area contributed by atoms with E-state index in [4.69, 9.17) is 9.47 Å². The Bertz CT molecular complexity index is 1400. The lowest BCUT2D eigenvalue weighted by Gasteiger charge is -2.33. The van der Waals surface area contributed by atoms with Gasteiger partial charge in [-0.3, -0.25) is 4.98 Å². The normalized spacial score (nSPS) is 21.3. The molecule has 2 N–H and O–H groups in total. The van der Waals surface area contributed by atoms with Crippen molar-refractivity contribution in [2.75, 3.05) is 20.3 Å². The van der Waals surface area contributed by atoms with Gasteiger partial charge in [-0.2, -0.15) is 5.10 Å². The number of halogens is 1. The van der Waals surface area contributed by atoms with E-state index in [1.165, 1.54) is 6.33 Å². The van der Waals surface area contributed by atoms with Crippen LogP contribution in [-0.4, -0.2) is 57.0 Å². The first kappa shape index (κ1) is 24.3. The first-order valence-corrected chi connectivity index (χ1v) is 13.4. The van der Waals surface area contributed by atoms with Gasteiger partial charge in [0.15, 0.2) is 17.2 Å². The van der Waals surface area contributed by atoms with Crippen molar-refractivity contribution in [1.82, 2.24) is 29.9 Å². The van der Waals surface area contributed by atoms with Crippen LogP contribution in [-0.2, 0) is 4.74 Å². The lowest BCUT2D eigenvalue weighted by atomic mass is 9.82. The van der Waals surface area contributed by atoms with Crippen molar-refractivity contribution < 1.29 is 13.9 Å². The Hall–Kier alpha value is -3.04. The van der Waals surface area contributed by atoms with Gasteiger partial charge in [-0.25, -0.2) is 13.9 Å². The van der Waals surface area contributed by atoms with Gasteiger partial charge >= 0.3 is 0 Å². The fourth-order valence-corrected chi connectivity index (χ4v) is 6.19. The Kier molecular flexibility index (Phi) is 6.58. The summed E-state index contributed by atoms with van der Waals surface area (Å²) in [5, 5.41) is 8.76. The largest absolute Gasteiger partial charge is 0.493 e. The van der Waals surface area contributed by atoms with E-state index in [0.717, 1.165) is 68.6 Å². The van der Waals surface area contributed by atoms with E-state index in [1.54, 1.807) is 17.8 Å². The number of pyridine rings is 2. The number of fused-ring (bicyclic) bond motifs is 2. The van der Waals surface area contributed by atoms with Gasteiger partial charge in [0.2, 0.25) is 0 Å². The van der Waals surface area contributed by atoms with E-state index in [2.05, 4.69) is 39.2 Å². The van der Waals surface area contributed by atoms with Crippen molar-refractivity contribution in [1.29, 1.82) is 0 Å². The van der Waals surface area contributed by atoms with Gasteiger partial charge < -0.3 is 19.8 Å². The molecule has 2 fully saturated rings. The molecular formula is C28H35FN6O2. The first-order chi connectivity index (χ1) is 18.0. The number of H-pyrrole nitrogens is 1. The Morgan fingerprint density at radius 2 is 1.86 bits per heavy atom. The average Bonchev–Trinajstić information content (AvgIpc) is 3.55. The molecule has 0 spiro atoms. The molecule has 9 heteroatoms. The van der Waals surface area contributed by atoms with E-state index < -0.39 is 0 Å². The molecule has 37 heavy (non-hydrogen) atoms. The summed E-state index contributed by atoms with van der Waals surface area (Å²) in [7, 11) is 1.62. The molecule has 0 aromatic carbocycles. The third-order valence-electron chi connectivity index (χ3n) is 8.08. The number of aromatic nitrogens is 5. The average molecular weight is 507 g/mol.